The highest BCUT2D eigenvalue weighted by Crippen LogP contribution is 2.15. The summed E-state index contributed by atoms with van der Waals surface area (Å²) < 4.78 is 5.04. The highest BCUT2D eigenvalue weighted by Gasteiger charge is 2.04. The molecular formula is C14H19N5O. The summed E-state index contributed by atoms with van der Waals surface area (Å²) in [5, 5.41) is 4.16. The van der Waals surface area contributed by atoms with E-state index in [1.807, 2.05) is 37.3 Å². The van der Waals surface area contributed by atoms with Crippen LogP contribution in [0.3, 0.4) is 0 Å². The first kappa shape index (κ1) is 14.2. The zero-order valence-electron chi connectivity index (χ0n) is 11.6. The van der Waals surface area contributed by atoms with Gasteiger partial charge in [-0.1, -0.05) is 18.2 Å². The summed E-state index contributed by atoms with van der Waals surface area (Å²) in [5.41, 5.74) is 4.32. The molecule has 0 saturated carbocycles. The Hall–Kier alpha value is -2.18. The molecule has 2 rings (SSSR count). The van der Waals surface area contributed by atoms with Gasteiger partial charge in [0.15, 0.2) is 0 Å². The summed E-state index contributed by atoms with van der Waals surface area (Å²) >= 11 is 0. The maximum absolute atomic E-state index is 5.47. The molecule has 4 N–H and O–H groups in total. The van der Waals surface area contributed by atoms with Crippen molar-refractivity contribution in [1.29, 1.82) is 0 Å². The van der Waals surface area contributed by atoms with Crippen LogP contribution < -0.4 is 16.6 Å². The maximum Gasteiger partial charge on any atom is 0.210 e. The summed E-state index contributed by atoms with van der Waals surface area (Å²) in [4.78, 5) is 8.75. The second-order valence-electron chi connectivity index (χ2n) is 4.47. The van der Waals surface area contributed by atoms with Gasteiger partial charge in [0.05, 0.1) is 30.0 Å². The molecule has 1 atom stereocenters. The van der Waals surface area contributed by atoms with Crippen molar-refractivity contribution in [1.82, 2.24) is 10.4 Å². The first-order valence-corrected chi connectivity index (χ1v) is 6.38. The molecule has 6 heteroatoms. The number of nitrogens with one attached hydrogen (secondary N) is 2. The molecule has 6 nitrogen and oxygen atoms in total. The predicted molar refractivity (Wildman–Crippen MR) is 81.5 cm³/mol. The predicted octanol–water partition coefficient (Wildman–Crippen LogP) is 1.50. The minimum Gasteiger partial charge on any atom is -0.382 e. The third kappa shape index (κ3) is 3.66. The number of anilines is 1. The topological polar surface area (TPSA) is 84.6 Å². The maximum atomic E-state index is 5.47. The molecule has 0 amide bonds. The second-order valence-corrected chi connectivity index (χ2v) is 4.47. The number of methoxy groups -OCH3 is 1. The van der Waals surface area contributed by atoms with E-state index in [0.717, 1.165) is 16.6 Å². The van der Waals surface area contributed by atoms with E-state index < -0.39 is 0 Å². The summed E-state index contributed by atoms with van der Waals surface area (Å²) in [6.07, 6.45) is 1.75. The molecule has 0 aliphatic heterocycles. The highest BCUT2D eigenvalue weighted by atomic mass is 16.5. The Morgan fingerprint density at radius 1 is 1.45 bits per heavy atom. The highest BCUT2D eigenvalue weighted by molar-refractivity contribution is 5.95. The summed E-state index contributed by atoms with van der Waals surface area (Å²) in [6.45, 7) is 2.48. The molecule has 0 bridgehead atoms. The zero-order valence-corrected chi connectivity index (χ0v) is 11.6. The Bertz CT molecular complexity index is 599. The van der Waals surface area contributed by atoms with Crippen molar-refractivity contribution in [2.75, 3.05) is 19.0 Å². The van der Waals surface area contributed by atoms with Gasteiger partial charge in [0.1, 0.15) is 0 Å². The Balaban J connectivity index is 2.16. The van der Waals surface area contributed by atoms with Crippen molar-refractivity contribution >= 4 is 22.5 Å². The van der Waals surface area contributed by atoms with E-state index in [0.29, 0.717) is 12.6 Å². The van der Waals surface area contributed by atoms with Gasteiger partial charge in [-0.05, 0) is 19.1 Å². The zero-order chi connectivity index (χ0) is 14.4. The molecule has 2 aromatic rings. The van der Waals surface area contributed by atoms with Gasteiger partial charge >= 0.3 is 0 Å². The average molecular weight is 273 g/mol. The lowest BCUT2D eigenvalue weighted by molar-refractivity contribution is 0.185. The van der Waals surface area contributed by atoms with Crippen LogP contribution in [0.25, 0.3) is 10.9 Å². The van der Waals surface area contributed by atoms with Gasteiger partial charge in [-0.15, -0.1) is 0 Å². The lowest BCUT2D eigenvalue weighted by atomic mass is 10.2. The number of aliphatic imine (C=N–C) groups is 1. The van der Waals surface area contributed by atoms with Gasteiger partial charge in [-0.2, -0.15) is 0 Å². The molecule has 0 spiro atoms. The van der Waals surface area contributed by atoms with Gasteiger partial charge in [-0.3, -0.25) is 10.4 Å². The van der Waals surface area contributed by atoms with E-state index in [-0.39, 0.29) is 6.04 Å². The fourth-order valence-electron chi connectivity index (χ4n) is 1.88. The summed E-state index contributed by atoms with van der Waals surface area (Å²) in [5.74, 6) is 5.95. The number of hydrazine groups is 1. The van der Waals surface area contributed by atoms with Gasteiger partial charge in [0.25, 0.3) is 0 Å². The summed E-state index contributed by atoms with van der Waals surface area (Å²) in [7, 11) is 1.64. The second kappa shape index (κ2) is 6.83. The lowest BCUT2D eigenvalue weighted by Crippen LogP contribution is -2.37. The molecule has 0 aliphatic rings. The monoisotopic (exact) mass is 273 g/mol. The Labute approximate surface area is 118 Å². The fraction of sp³-hybridized carbons (Fsp3) is 0.286. The van der Waals surface area contributed by atoms with Crippen molar-refractivity contribution in [3.05, 3.63) is 36.5 Å². The average Bonchev–Trinajstić information content (AvgIpc) is 2.46. The normalized spacial score (nSPS) is 13.2. The number of ether oxygens (including phenoxy) is 1. The van der Waals surface area contributed by atoms with Crippen molar-refractivity contribution in [3.8, 4) is 0 Å². The molecule has 1 unspecified atom stereocenters. The number of rotatable bonds is 4. The largest absolute Gasteiger partial charge is 0.382 e. The Kier molecular flexibility index (Phi) is 4.86. The molecule has 1 aromatic carbocycles. The van der Waals surface area contributed by atoms with Crippen LogP contribution in [-0.4, -0.2) is 30.7 Å². The number of fused-ring (bicyclic) bond motifs is 1. The van der Waals surface area contributed by atoms with Crippen LogP contribution >= 0.6 is 0 Å². The van der Waals surface area contributed by atoms with Crippen LogP contribution in [0.2, 0.25) is 0 Å². The van der Waals surface area contributed by atoms with Gasteiger partial charge in [-0.25, -0.2) is 10.8 Å². The standard InChI is InChI=1S/C14H19N5O/c1-10(9-20-2)17-14(19-15)18-12-7-11-5-3-4-6-13(11)16-8-12/h3-8,10H,9,15H2,1-2H3,(H2,17,18,19). The molecule has 0 aliphatic carbocycles. The molecule has 1 heterocycles. The van der Waals surface area contributed by atoms with E-state index in [2.05, 4.69) is 20.7 Å². The molecule has 20 heavy (non-hydrogen) atoms. The van der Waals surface area contributed by atoms with Crippen LogP contribution in [0.4, 0.5) is 5.69 Å². The van der Waals surface area contributed by atoms with Crippen LogP contribution in [0.15, 0.2) is 41.5 Å². The molecule has 1 aromatic heterocycles. The van der Waals surface area contributed by atoms with E-state index in [4.69, 9.17) is 10.6 Å². The Morgan fingerprint density at radius 3 is 3.00 bits per heavy atom. The first-order chi connectivity index (χ1) is 9.72. The number of benzene rings is 1. The summed E-state index contributed by atoms with van der Waals surface area (Å²) in [6, 6.07) is 9.92. The van der Waals surface area contributed by atoms with E-state index >= 15 is 0 Å². The van der Waals surface area contributed by atoms with Crippen molar-refractivity contribution < 1.29 is 4.74 Å². The van der Waals surface area contributed by atoms with Crippen LogP contribution in [0.5, 0.6) is 0 Å². The number of nitrogens with two attached hydrogens (primary N) is 1. The number of nitrogens with zero attached hydrogens (tertiary/aromatic N) is 2. The molecular weight excluding hydrogens is 254 g/mol. The third-order valence-corrected chi connectivity index (χ3v) is 2.75. The first-order valence-electron chi connectivity index (χ1n) is 6.38. The molecule has 0 radical (unpaired) electrons. The van der Waals surface area contributed by atoms with Gasteiger partial charge in [0.2, 0.25) is 5.96 Å². The minimum absolute atomic E-state index is 0.00645. The lowest BCUT2D eigenvalue weighted by Gasteiger charge is -2.12. The fourth-order valence-corrected chi connectivity index (χ4v) is 1.88. The van der Waals surface area contributed by atoms with Crippen molar-refractivity contribution in [2.45, 2.75) is 13.0 Å². The van der Waals surface area contributed by atoms with E-state index in [1.165, 1.54) is 0 Å². The number of para-hydroxylation sites is 1. The SMILES string of the molecule is COCC(C)N=C(NN)Nc1cnc2ccccc2c1. The van der Waals surface area contributed by atoms with Crippen LogP contribution in [-0.2, 0) is 4.74 Å². The molecule has 0 fully saturated rings. The smallest absolute Gasteiger partial charge is 0.210 e. The molecule has 106 valence electrons. The number of hydrogen-bond acceptors (Lipinski definition) is 4. The quantitative estimate of drug-likeness (QED) is 0.340. The van der Waals surface area contributed by atoms with Gasteiger partial charge in [0, 0.05) is 12.5 Å². The van der Waals surface area contributed by atoms with E-state index in [1.54, 1.807) is 13.3 Å². The number of aromatic nitrogens is 1. The number of guanidine groups is 1. The minimum atomic E-state index is 0.00645. The third-order valence-electron chi connectivity index (χ3n) is 2.75. The number of pyridine rings is 1. The Morgan fingerprint density at radius 2 is 2.25 bits per heavy atom. The van der Waals surface area contributed by atoms with Crippen molar-refractivity contribution in [2.24, 2.45) is 10.8 Å². The van der Waals surface area contributed by atoms with Crippen LogP contribution in [0, 0.1) is 0 Å². The van der Waals surface area contributed by atoms with Gasteiger partial charge < -0.3 is 10.1 Å². The molecule has 0 saturated heterocycles. The van der Waals surface area contributed by atoms with Crippen LogP contribution in [0.1, 0.15) is 6.92 Å². The van der Waals surface area contributed by atoms with Crippen molar-refractivity contribution in [3.63, 3.8) is 0 Å². The number of hydrogen-bond donors (Lipinski definition) is 3. The van der Waals surface area contributed by atoms with E-state index in [9.17, 15) is 0 Å².